The predicted molar refractivity (Wildman–Crippen MR) is 110 cm³/mol. The van der Waals surface area contributed by atoms with Crippen LogP contribution in [-0.2, 0) is 0 Å². The Morgan fingerprint density at radius 2 is 2.00 bits per heavy atom. The number of fused-ring (bicyclic) bond motifs is 1. The summed E-state index contributed by atoms with van der Waals surface area (Å²) in [5.74, 6) is 1.89. The number of H-pyrrole nitrogens is 1. The second-order valence-electron chi connectivity index (χ2n) is 6.26. The molecule has 0 atom stereocenters. The molecule has 0 radical (unpaired) electrons. The van der Waals surface area contributed by atoms with Gasteiger partial charge in [0.2, 0.25) is 0 Å². The topological polar surface area (TPSA) is 114 Å². The van der Waals surface area contributed by atoms with Crippen molar-refractivity contribution in [2.45, 2.75) is 0 Å². The lowest BCUT2D eigenvalue weighted by molar-refractivity contribution is 0.417. The van der Waals surface area contributed by atoms with Crippen LogP contribution < -0.4 is 10.1 Å². The van der Waals surface area contributed by atoms with E-state index in [1.807, 2.05) is 30.4 Å². The van der Waals surface area contributed by atoms with Gasteiger partial charge in [0.25, 0.3) is 0 Å². The van der Waals surface area contributed by atoms with E-state index in [0.29, 0.717) is 29.6 Å². The molecule has 142 valence electrons. The van der Waals surface area contributed by atoms with E-state index in [2.05, 4.69) is 40.4 Å². The van der Waals surface area contributed by atoms with Crippen LogP contribution in [0.4, 0.5) is 11.5 Å². The van der Waals surface area contributed by atoms with Crippen molar-refractivity contribution in [2.75, 3.05) is 19.0 Å². The molecule has 2 N–H and O–H groups in total. The molecular weight excluding hydrogens is 368 g/mol. The van der Waals surface area contributed by atoms with E-state index in [1.54, 1.807) is 25.6 Å². The number of nitrogens with one attached hydrogen (secondary N) is 2. The van der Waals surface area contributed by atoms with Gasteiger partial charge < -0.3 is 10.1 Å². The minimum Gasteiger partial charge on any atom is -0.495 e. The average molecular weight is 384 g/mol. The summed E-state index contributed by atoms with van der Waals surface area (Å²) in [7, 11) is 1.62. The quantitative estimate of drug-likeness (QED) is 0.544. The lowest BCUT2D eigenvalue weighted by Gasteiger charge is -2.13. The molecule has 4 aromatic rings. The number of rotatable bonds is 5. The number of methoxy groups -OCH3 is 1. The van der Waals surface area contributed by atoms with Crippen molar-refractivity contribution in [3.05, 3.63) is 60.8 Å². The monoisotopic (exact) mass is 384 g/mol. The molecule has 1 aliphatic rings. The summed E-state index contributed by atoms with van der Waals surface area (Å²) < 4.78 is 5.53. The highest BCUT2D eigenvalue weighted by molar-refractivity contribution is 6.17. The van der Waals surface area contributed by atoms with E-state index in [4.69, 9.17) is 4.74 Å². The van der Waals surface area contributed by atoms with Gasteiger partial charge in [-0.25, -0.2) is 19.9 Å². The van der Waals surface area contributed by atoms with Gasteiger partial charge in [-0.2, -0.15) is 5.10 Å². The Morgan fingerprint density at radius 1 is 1.10 bits per heavy atom. The average Bonchev–Trinajstić information content (AvgIpc) is 3.44. The van der Waals surface area contributed by atoms with Crippen molar-refractivity contribution >= 4 is 28.3 Å². The van der Waals surface area contributed by atoms with Crippen LogP contribution in [-0.4, -0.2) is 49.5 Å². The Morgan fingerprint density at radius 3 is 2.79 bits per heavy atom. The van der Waals surface area contributed by atoms with Crippen molar-refractivity contribution in [3.63, 3.8) is 0 Å². The number of allylic oxidation sites excluding steroid dienone is 1. The van der Waals surface area contributed by atoms with E-state index in [0.717, 1.165) is 28.0 Å². The molecule has 0 amide bonds. The number of ether oxygens (including phenoxy) is 1. The second-order valence-corrected chi connectivity index (χ2v) is 6.26. The zero-order valence-electron chi connectivity index (χ0n) is 15.5. The number of aromatic nitrogens is 6. The molecule has 4 heterocycles. The first-order valence-electron chi connectivity index (χ1n) is 8.96. The van der Waals surface area contributed by atoms with Crippen LogP contribution in [0.3, 0.4) is 0 Å². The Hall–Kier alpha value is -4.14. The van der Waals surface area contributed by atoms with Crippen LogP contribution in [0.5, 0.6) is 5.75 Å². The minimum absolute atomic E-state index is 0.557. The van der Waals surface area contributed by atoms with Crippen molar-refractivity contribution in [1.82, 2.24) is 30.1 Å². The Kier molecular flexibility index (Phi) is 4.17. The number of benzene rings is 1. The summed E-state index contributed by atoms with van der Waals surface area (Å²) in [5.41, 5.74) is 3.74. The van der Waals surface area contributed by atoms with Gasteiger partial charge in [0.05, 0.1) is 36.1 Å². The first-order valence-corrected chi connectivity index (χ1v) is 8.96. The number of anilines is 2. The van der Waals surface area contributed by atoms with Gasteiger partial charge in [-0.1, -0.05) is 6.08 Å². The van der Waals surface area contributed by atoms with E-state index in [-0.39, 0.29) is 0 Å². The van der Waals surface area contributed by atoms with Crippen LogP contribution in [0.1, 0.15) is 5.69 Å². The largest absolute Gasteiger partial charge is 0.495 e. The number of nitrogens with zero attached hydrogens (tertiary/aromatic N) is 6. The maximum Gasteiger partial charge on any atom is 0.186 e. The van der Waals surface area contributed by atoms with Crippen molar-refractivity contribution in [1.29, 1.82) is 0 Å². The summed E-state index contributed by atoms with van der Waals surface area (Å²) in [4.78, 5) is 21.8. The molecule has 0 spiro atoms. The van der Waals surface area contributed by atoms with Gasteiger partial charge in [-0.15, -0.1) is 0 Å². The van der Waals surface area contributed by atoms with Gasteiger partial charge in [0.15, 0.2) is 11.5 Å². The van der Waals surface area contributed by atoms with E-state index in [1.165, 1.54) is 6.33 Å². The molecule has 3 aromatic heterocycles. The van der Waals surface area contributed by atoms with Crippen molar-refractivity contribution < 1.29 is 4.74 Å². The Bertz CT molecular complexity index is 1250. The molecule has 29 heavy (non-hydrogen) atoms. The summed E-state index contributed by atoms with van der Waals surface area (Å²) >= 11 is 0. The maximum atomic E-state index is 5.53. The van der Waals surface area contributed by atoms with Gasteiger partial charge >= 0.3 is 0 Å². The fourth-order valence-electron chi connectivity index (χ4n) is 3.19. The van der Waals surface area contributed by atoms with Crippen molar-refractivity contribution in [2.24, 2.45) is 4.99 Å². The Balaban J connectivity index is 1.61. The highest BCUT2D eigenvalue weighted by Gasteiger charge is 2.18. The van der Waals surface area contributed by atoms with Crippen molar-refractivity contribution in [3.8, 4) is 17.1 Å². The number of hydrogen-bond acceptors (Lipinski definition) is 8. The Labute approximate surface area is 165 Å². The smallest absolute Gasteiger partial charge is 0.186 e. The number of aromatic amines is 1. The van der Waals surface area contributed by atoms with Gasteiger partial charge in [0.1, 0.15) is 17.9 Å². The maximum absolute atomic E-state index is 5.53. The molecule has 0 unspecified atom stereocenters. The van der Waals surface area contributed by atoms with Gasteiger partial charge in [-0.3, -0.25) is 10.1 Å². The normalized spacial score (nSPS) is 12.9. The molecule has 1 aliphatic heterocycles. The lowest BCUT2D eigenvalue weighted by atomic mass is 10.1. The summed E-state index contributed by atoms with van der Waals surface area (Å²) in [5, 5.41) is 11.4. The lowest BCUT2D eigenvalue weighted by Crippen LogP contribution is -2.02. The van der Waals surface area contributed by atoms with E-state index < -0.39 is 0 Å². The third-order valence-electron chi connectivity index (χ3n) is 4.53. The molecule has 9 nitrogen and oxygen atoms in total. The number of hydrogen-bond donors (Lipinski definition) is 2. The zero-order chi connectivity index (χ0) is 19.6. The molecule has 0 aliphatic carbocycles. The number of aliphatic imine (C=N–C) groups is 1. The second kappa shape index (κ2) is 7.12. The molecule has 1 aromatic carbocycles. The summed E-state index contributed by atoms with van der Waals surface area (Å²) in [6, 6.07) is 7.49. The molecule has 0 saturated carbocycles. The molecule has 0 fully saturated rings. The zero-order valence-corrected chi connectivity index (χ0v) is 15.5. The molecule has 5 rings (SSSR count). The van der Waals surface area contributed by atoms with Gasteiger partial charge in [-0.05, 0) is 30.3 Å². The highest BCUT2D eigenvalue weighted by Crippen LogP contribution is 2.33. The van der Waals surface area contributed by atoms with Crippen LogP contribution in [0.25, 0.3) is 22.4 Å². The molecule has 0 saturated heterocycles. The summed E-state index contributed by atoms with van der Waals surface area (Å²) in [6.45, 7) is 0.652. The van der Waals surface area contributed by atoms with Crippen LogP contribution in [0.2, 0.25) is 0 Å². The van der Waals surface area contributed by atoms with E-state index >= 15 is 0 Å². The van der Waals surface area contributed by atoms with Crippen LogP contribution >= 0.6 is 0 Å². The standard InChI is InChI=1S/C20H16N8O/c1-29-15-6-5-12(18-22-8-3-9-23-18)10-14(15)26-19-16-17(13-4-2-7-21-13)27-28-20(16)25-11-24-19/h2-6,8-11H,7H2,1H3,(H2,24,25,26,27,28). The highest BCUT2D eigenvalue weighted by atomic mass is 16.5. The predicted octanol–water partition coefficient (Wildman–Crippen LogP) is 2.92. The fourth-order valence-corrected chi connectivity index (χ4v) is 3.19. The van der Waals surface area contributed by atoms with Gasteiger partial charge in [0, 0.05) is 18.0 Å². The SMILES string of the molecule is COc1ccc(-c2ncccn2)cc1Nc1ncnc2n[nH]c(C3=NCC=C3)c12. The first kappa shape index (κ1) is 17.0. The third kappa shape index (κ3) is 3.08. The minimum atomic E-state index is 0.557. The fraction of sp³-hybridized carbons (Fsp3) is 0.100. The molecule has 0 bridgehead atoms. The third-order valence-corrected chi connectivity index (χ3v) is 4.53. The van der Waals surface area contributed by atoms with E-state index in [9.17, 15) is 0 Å². The molecule has 9 heteroatoms. The van der Waals surface area contributed by atoms with Crippen LogP contribution in [0, 0.1) is 0 Å². The molecular formula is C20H16N8O. The summed E-state index contributed by atoms with van der Waals surface area (Å²) in [6.07, 6.45) is 8.84. The van der Waals surface area contributed by atoms with Crippen LogP contribution in [0.15, 0.2) is 60.1 Å². The first-order chi connectivity index (χ1) is 14.3.